The Morgan fingerprint density at radius 2 is 1.93 bits per heavy atom. The number of H-pyrrole nitrogens is 1. The number of nitrogens with one attached hydrogen (secondary N) is 2. The second-order valence-corrected chi connectivity index (χ2v) is 12.3. The highest BCUT2D eigenvalue weighted by Crippen LogP contribution is 2.60. The highest BCUT2D eigenvalue weighted by atomic mass is 17.3. The topological polar surface area (TPSA) is 145 Å². The Morgan fingerprint density at radius 3 is 2.73 bits per heavy atom. The molecule has 1 aromatic carbocycles. The van der Waals surface area contributed by atoms with Gasteiger partial charge in [0.1, 0.15) is 6.04 Å². The average molecular weight is 571 g/mol. The van der Waals surface area contributed by atoms with E-state index in [4.69, 9.17) is 24.0 Å². The zero-order chi connectivity index (χ0) is 28.9. The summed E-state index contributed by atoms with van der Waals surface area (Å²) >= 11 is 0. The number of ether oxygens (including phenoxy) is 3. The smallest absolute Gasteiger partial charge is 0.326 e. The zero-order valence-electron chi connectivity index (χ0n) is 23.6. The number of esters is 1. The van der Waals surface area contributed by atoms with Crippen molar-refractivity contribution in [1.29, 1.82) is 0 Å². The molecule has 1 saturated carbocycles. The Balaban J connectivity index is 1.06. The Morgan fingerprint density at radius 1 is 1.12 bits per heavy atom. The van der Waals surface area contributed by atoms with E-state index in [9.17, 15) is 19.5 Å². The third-order valence-corrected chi connectivity index (χ3v) is 9.63. The molecule has 11 heteroatoms. The number of carboxylic acid groups (broad SMARTS) is 1. The highest BCUT2D eigenvalue weighted by Gasteiger charge is 2.69. The first-order valence-electron chi connectivity index (χ1n) is 14.6. The number of benzene rings is 1. The van der Waals surface area contributed by atoms with E-state index in [0.29, 0.717) is 12.3 Å². The standard InChI is InChI=1S/C30H38N2O9/c1-16-8-9-21-17(2)27(38-28-30(21)20(16)12-13-29(3,39-28)40-41-30)37-25(34)11-10-24(33)32-23(26(35)36)14-18-15-31-22-7-5-4-6-19(18)22/h4-7,15-17,20-21,23,27-28,31H,8-14H2,1-3H3,(H,32,33)(H,35,36)/t16-,17-,20+,21+,23?,27-,28-,29-,30?/m1/s1. The molecule has 3 N–H and O–H groups in total. The summed E-state index contributed by atoms with van der Waals surface area (Å²) in [5, 5.41) is 13.2. The summed E-state index contributed by atoms with van der Waals surface area (Å²) in [6.07, 6.45) is 3.31. The molecule has 5 aliphatic rings. The Bertz CT molecular complexity index is 1330. The number of amides is 1. The monoisotopic (exact) mass is 570 g/mol. The van der Waals surface area contributed by atoms with Crippen molar-refractivity contribution in [2.45, 2.75) is 95.7 Å². The molecular formula is C30H38N2O9. The van der Waals surface area contributed by atoms with Gasteiger partial charge in [-0.25, -0.2) is 14.6 Å². The Labute approximate surface area is 238 Å². The first-order chi connectivity index (χ1) is 19.6. The third kappa shape index (κ3) is 5.03. The molecular weight excluding hydrogens is 532 g/mol. The summed E-state index contributed by atoms with van der Waals surface area (Å²) in [6, 6.07) is 6.42. The summed E-state index contributed by atoms with van der Waals surface area (Å²) in [6.45, 7) is 6.05. The molecule has 2 unspecified atom stereocenters. The van der Waals surface area contributed by atoms with Crippen LogP contribution in [0.3, 0.4) is 0 Å². The van der Waals surface area contributed by atoms with Crippen molar-refractivity contribution < 1.29 is 43.5 Å². The number of fused-ring (bicyclic) bond motifs is 3. The van der Waals surface area contributed by atoms with E-state index in [2.05, 4.69) is 17.2 Å². The first-order valence-corrected chi connectivity index (χ1v) is 14.6. The van der Waals surface area contributed by atoms with E-state index in [1.54, 1.807) is 6.20 Å². The molecule has 5 fully saturated rings. The van der Waals surface area contributed by atoms with Gasteiger partial charge in [-0.15, -0.1) is 0 Å². The number of aromatic nitrogens is 1. The normalized spacial score (nSPS) is 36.7. The lowest BCUT2D eigenvalue weighted by atomic mass is 9.58. The Hall–Kier alpha value is -2.99. The minimum atomic E-state index is -1.15. The maximum absolute atomic E-state index is 12.9. The molecule has 4 saturated heterocycles. The fraction of sp³-hybridized carbons (Fsp3) is 0.633. The van der Waals surface area contributed by atoms with Crippen molar-refractivity contribution in [1.82, 2.24) is 10.3 Å². The molecule has 41 heavy (non-hydrogen) atoms. The van der Waals surface area contributed by atoms with Crippen LogP contribution in [0.5, 0.6) is 0 Å². The van der Waals surface area contributed by atoms with Crippen LogP contribution in [0.25, 0.3) is 10.9 Å². The van der Waals surface area contributed by atoms with E-state index in [1.165, 1.54) is 0 Å². The van der Waals surface area contributed by atoms with Gasteiger partial charge >= 0.3 is 11.9 Å². The van der Waals surface area contributed by atoms with Gasteiger partial charge < -0.3 is 29.6 Å². The minimum absolute atomic E-state index is 0.00651. The SMILES string of the molecule is C[C@H]1[C@H](OC(=O)CCC(=O)NC(Cc2c[nH]c3ccccc23)C(=O)O)O[C@@H]2O[C@@]3(C)CC[C@H]4[C@H](C)CC[C@@H]1C24OO3. The molecule has 1 aliphatic carbocycles. The van der Waals surface area contributed by atoms with Gasteiger partial charge in [-0.05, 0) is 49.7 Å². The van der Waals surface area contributed by atoms with Crippen LogP contribution in [-0.4, -0.2) is 57.9 Å². The van der Waals surface area contributed by atoms with Crippen LogP contribution in [0.15, 0.2) is 30.5 Å². The van der Waals surface area contributed by atoms with Crippen molar-refractivity contribution in [3.8, 4) is 0 Å². The van der Waals surface area contributed by atoms with E-state index in [0.717, 1.165) is 35.7 Å². The molecule has 9 atom stereocenters. The van der Waals surface area contributed by atoms with Crippen LogP contribution >= 0.6 is 0 Å². The minimum Gasteiger partial charge on any atom is -0.480 e. The molecule has 11 nitrogen and oxygen atoms in total. The van der Waals surface area contributed by atoms with Gasteiger partial charge in [-0.3, -0.25) is 9.59 Å². The molecule has 222 valence electrons. The number of aliphatic carboxylic acids is 1. The number of hydrogen-bond donors (Lipinski definition) is 3. The Kier molecular flexibility index (Phi) is 7.34. The molecule has 2 bridgehead atoms. The van der Waals surface area contributed by atoms with Crippen LogP contribution in [0, 0.1) is 23.7 Å². The van der Waals surface area contributed by atoms with E-state index in [-0.39, 0.29) is 37.0 Å². The average Bonchev–Trinajstić information content (AvgIpc) is 3.21. The first kappa shape index (κ1) is 28.1. The number of rotatable bonds is 8. The molecule has 7 rings (SSSR count). The second-order valence-electron chi connectivity index (χ2n) is 12.3. The predicted molar refractivity (Wildman–Crippen MR) is 144 cm³/mol. The molecule has 1 amide bonds. The van der Waals surface area contributed by atoms with Crippen LogP contribution in [0.2, 0.25) is 0 Å². The summed E-state index contributed by atoms with van der Waals surface area (Å²) in [4.78, 5) is 52.5. The van der Waals surface area contributed by atoms with Crippen molar-refractivity contribution in [3.63, 3.8) is 0 Å². The number of hydrogen-bond acceptors (Lipinski definition) is 8. The summed E-state index contributed by atoms with van der Waals surface area (Å²) < 4.78 is 18.3. The number of aromatic amines is 1. The number of carboxylic acids is 1. The van der Waals surface area contributed by atoms with Crippen LogP contribution < -0.4 is 5.32 Å². The van der Waals surface area contributed by atoms with Crippen LogP contribution in [0.4, 0.5) is 0 Å². The quantitative estimate of drug-likeness (QED) is 0.319. The fourth-order valence-electron chi connectivity index (χ4n) is 7.40. The van der Waals surface area contributed by atoms with Crippen molar-refractivity contribution in [3.05, 3.63) is 36.0 Å². The van der Waals surface area contributed by atoms with Gasteiger partial charge in [-0.2, -0.15) is 0 Å². The second kappa shape index (κ2) is 10.7. The van der Waals surface area contributed by atoms with Gasteiger partial charge in [0, 0.05) is 48.2 Å². The number of para-hydroxylation sites is 1. The zero-order valence-corrected chi connectivity index (χ0v) is 23.6. The maximum atomic E-state index is 12.9. The van der Waals surface area contributed by atoms with Crippen molar-refractivity contribution in [2.24, 2.45) is 23.7 Å². The van der Waals surface area contributed by atoms with Gasteiger partial charge in [0.2, 0.25) is 18.0 Å². The molecule has 0 radical (unpaired) electrons. The van der Waals surface area contributed by atoms with Crippen LogP contribution in [0.1, 0.15) is 64.9 Å². The third-order valence-electron chi connectivity index (χ3n) is 9.63. The van der Waals surface area contributed by atoms with Gasteiger partial charge in [0.05, 0.1) is 6.42 Å². The summed E-state index contributed by atoms with van der Waals surface area (Å²) in [5.41, 5.74) is 0.914. The lowest BCUT2D eigenvalue weighted by Gasteiger charge is -2.59. The summed E-state index contributed by atoms with van der Waals surface area (Å²) in [5.74, 6) is -2.78. The van der Waals surface area contributed by atoms with Crippen molar-refractivity contribution >= 4 is 28.7 Å². The highest BCUT2D eigenvalue weighted by molar-refractivity contribution is 5.87. The van der Waals surface area contributed by atoms with Gasteiger partial charge in [0.15, 0.2) is 11.9 Å². The van der Waals surface area contributed by atoms with Crippen molar-refractivity contribution in [2.75, 3.05) is 0 Å². The predicted octanol–water partition coefficient (Wildman–Crippen LogP) is 3.81. The maximum Gasteiger partial charge on any atom is 0.326 e. The lowest BCUT2D eigenvalue weighted by Crippen LogP contribution is -2.70. The molecule has 1 spiro atoms. The van der Waals surface area contributed by atoms with Gasteiger partial charge in [0.25, 0.3) is 0 Å². The van der Waals surface area contributed by atoms with E-state index < -0.39 is 47.9 Å². The van der Waals surface area contributed by atoms with E-state index in [1.807, 2.05) is 38.1 Å². The lowest BCUT2D eigenvalue weighted by molar-refractivity contribution is -0.576. The summed E-state index contributed by atoms with van der Waals surface area (Å²) in [7, 11) is 0. The molecule has 1 aromatic heterocycles. The molecule has 4 aliphatic heterocycles. The number of carbonyl (C=O) groups is 3. The van der Waals surface area contributed by atoms with Crippen LogP contribution in [-0.2, 0) is 44.8 Å². The fourth-order valence-corrected chi connectivity index (χ4v) is 7.40. The largest absolute Gasteiger partial charge is 0.480 e. The molecule has 2 aromatic rings. The molecule has 5 heterocycles. The van der Waals surface area contributed by atoms with E-state index >= 15 is 0 Å². The van der Waals surface area contributed by atoms with Gasteiger partial charge in [-0.1, -0.05) is 32.0 Å². The number of carbonyl (C=O) groups excluding carboxylic acids is 2.